The SMILES string of the molecule is CC1(c2ccc(OC(F)(F)F)cc2)c2ccccc2Nc2ccccc21. The summed E-state index contributed by atoms with van der Waals surface area (Å²) in [6.45, 7) is 2.09. The summed E-state index contributed by atoms with van der Waals surface area (Å²) in [4.78, 5) is 0. The van der Waals surface area contributed by atoms with Gasteiger partial charge in [-0.15, -0.1) is 13.2 Å². The summed E-state index contributed by atoms with van der Waals surface area (Å²) in [7, 11) is 0. The van der Waals surface area contributed by atoms with E-state index in [2.05, 4.69) is 17.0 Å². The minimum absolute atomic E-state index is 0.222. The predicted octanol–water partition coefficient (Wildman–Crippen LogP) is 6.00. The molecule has 0 bridgehead atoms. The molecule has 0 aliphatic carbocycles. The lowest BCUT2D eigenvalue weighted by molar-refractivity contribution is -0.274. The first-order valence-electron chi connectivity index (χ1n) is 8.20. The van der Waals surface area contributed by atoms with Crippen LogP contribution in [0, 0.1) is 0 Å². The molecule has 0 fully saturated rings. The Kier molecular flexibility index (Phi) is 3.68. The Morgan fingerprint density at radius 2 is 1.27 bits per heavy atom. The van der Waals surface area contributed by atoms with E-state index in [1.54, 1.807) is 12.1 Å². The molecule has 132 valence electrons. The van der Waals surface area contributed by atoms with Crippen molar-refractivity contribution in [3.63, 3.8) is 0 Å². The highest BCUT2D eigenvalue weighted by Gasteiger charge is 2.38. The molecule has 1 aliphatic heterocycles. The molecular weight excluding hydrogens is 339 g/mol. The first kappa shape index (κ1) is 16.5. The number of nitrogens with one attached hydrogen (secondary N) is 1. The van der Waals surface area contributed by atoms with Crippen LogP contribution >= 0.6 is 0 Å². The van der Waals surface area contributed by atoms with Crippen LogP contribution in [0.2, 0.25) is 0 Å². The summed E-state index contributed by atoms with van der Waals surface area (Å²) >= 11 is 0. The zero-order valence-corrected chi connectivity index (χ0v) is 14.0. The number of fused-ring (bicyclic) bond motifs is 2. The van der Waals surface area contributed by atoms with Gasteiger partial charge in [-0.2, -0.15) is 0 Å². The summed E-state index contributed by atoms with van der Waals surface area (Å²) in [5.41, 5.74) is 4.53. The number of hydrogen-bond donors (Lipinski definition) is 1. The maximum absolute atomic E-state index is 12.4. The Bertz CT molecular complexity index is 902. The van der Waals surface area contributed by atoms with E-state index in [1.165, 1.54) is 12.1 Å². The Labute approximate surface area is 149 Å². The minimum Gasteiger partial charge on any atom is -0.406 e. The van der Waals surface area contributed by atoms with Gasteiger partial charge in [0.1, 0.15) is 5.75 Å². The Hall–Kier alpha value is -2.95. The van der Waals surface area contributed by atoms with Gasteiger partial charge in [0.2, 0.25) is 0 Å². The third-order valence-electron chi connectivity index (χ3n) is 4.87. The van der Waals surface area contributed by atoms with Crippen molar-refractivity contribution in [1.82, 2.24) is 0 Å². The lowest BCUT2D eigenvalue weighted by Gasteiger charge is -2.39. The fraction of sp³-hybridized carbons (Fsp3) is 0.143. The normalized spacial score (nSPS) is 14.8. The summed E-state index contributed by atoms with van der Waals surface area (Å²) < 4.78 is 41.3. The van der Waals surface area contributed by atoms with Crippen LogP contribution in [0.5, 0.6) is 5.75 Å². The molecule has 4 rings (SSSR count). The van der Waals surface area contributed by atoms with Crippen LogP contribution in [-0.2, 0) is 5.41 Å². The van der Waals surface area contributed by atoms with Crippen molar-refractivity contribution in [2.24, 2.45) is 0 Å². The number of alkyl halides is 3. The molecule has 1 heterocycles. The molecule has 0 radical (unpaired) electrons. The van der Waals surface area contributed by atoms with Crippen molar-refractivity contribution >= 4 is 11.4 Å². The van der Waals surface area contributed by atoms with Crippen LogP contribution in [0.3, 0.4) is 0 Å². The molecule has 0 atom stereocenters. The molecule has 0 saturated carbocycles. The molecule has 3 aromatic carbocycles. The second-order valence-corrected chi connectivity index (χ2v) is 6.41. The first-order valence-corrected chi connectivity index (χ1v) is 8.20. The molecular formula is C21H16F3NO. The maximum atomic E-state index is 12.4. The predicted molar refractivity (Wildman–Crippen MR) is 94.8 cm³/mol. The van der Waals surface area contributed by atoms with Gasteiger partial charge in [-0.3, -0.25) is 0 Å². The maximum Gasteiger partial charge on any atom is 0.573 e. The van der Waals surface area contributed by atoms with Crippen LogP contribution in [0.4, 0.5) is 24.5 Å². The monoisotopic (exact) mass is 355 g/mol. The average Bonchev–Trinajstić information content (AvgIpc) is 2.61. The largest absolute Gasteiger partial charge is 0.573 e. The number of halogens is 3. The number of ether oxygens (including phenoxy) is 1. The zero-order valence-electron chi connectivity index (χ0n) is 14.0. The van der Waals surface area contributed by atoms with E-state index >= 15 is 0 Å². The van der Waals surface area contributed by atoms with Crippen molar-refractivity contribution in [2.45, 2.75) is 18.7 Å². The van der Waals surface area contributed by atoms with Gasteiger partial charge in [-0.05, 0) is 47.9 Å². The zero-order chi connectivity index (χ0) is 18.4. The molecule has 0 amide bonds. The average molecular weight is 355 g/mol. The second-order valence-electron chi connectivity index (χ2n) is 6.41. The molecule has 3 aromatic rings. The van der Waals surface area contributed by atoms with Gasteiger partial charge in [-0.1, -0.05) is 48.5 Å². The van der Waals surface area contributed by atoms with Gasteiger partial charge in [0.15, 0.2) is 0 Å². The number of anilines is 2. The lowest BCUT2D eigenvalue weighted by atomic mass is 9.68. The van der Waals surface area contributed by atoms with Gasteiger partial charge < -0.3 is 10.1 Å². The number of rotatable bonds is 2. The van der Waals surface area contributed by atoms with Crippen LogP contribution in [0.15, 0.2) is 72.8 Å². The van der Waals surface area contributed by atoms with Crippen molar-refractivity contribution in [3.05, 3.63) is 89.5 Å². The molecule has 1 aliphatic rings. The number of para-hydroxylation sites is 2. The number of hydrogen-bond acceptors (Lipinski definition) is 2. The minimum atomic E-state index is -4.70. The molecule has 2 nitrogen and oxygen atoms in total. The van der Waals surface area contributed by atoms with Crippen molar-refractivity contribution in [1.29, 1.82) is 0 Å². The van der Waals surface area contributed by atoms with E-state index in [0.717, 1.165) is 28.1 Å². The van der Waals surface area contributed by atoms with E-state index in [1.807, 2.05) is 48.5 Å². The molecule has 0 aromatic heterocycles. The van der Waals surface area contributed by atoms with E-state index < -0.39 is 11.8 Å². The van der Waals surface area contributed by atoms with Gasteiger partial charge in [0.05, 0.1) is 0 Å². The molecule has 0 spiro atoms. The van der Waals surface area contributed by atoms with Crippen molar-refractivity contribution < 1.29 is 17.9 Å². The third kappa shape index (κ3) is 2.69. The Balaban J connectivity index is 1.85. The third-order valence-corrected chi connectivity index (χ3v) is 4.87. The topological polar surface area (TPSA) is 21.3 Å². The Morgan fingerprint density at radius 1 is 0.769 bits per heavy atom. The van der Waals surface area contributed by atoms with Crippen molar-refractivity contribution in [3.8, 4) is 5.75 Å². The summed E-state index contributed by atoms with van der Waals surface area (Å²) in [6, 6.07) is 22.1. The molecule has 26 heavy (non-hydrogen) atoms. The fourth-order valence-electron chi connectivity index (χ4n) is 3.65. The van der Waals surface area contributed by atoms with E-state index in [0.29, 0.717) is 0 Å². The highest BCUT2D eigenvalue weighted by atomic mass is 19.4. The van der Waals surface area contributed by atoms with Gasteiger partial charge in [-0.25, -0.2) is 0 Å². The smallest absolute Gasteiger partial charge is 0.406 e. The van der Waals surface area contributed by atoms with Crippen LogP contribution in [-0.4, -0.2) is 6.36 Å². The highest BCUT2D eigenvalue weighted by Crippen LogP contribution is 2.49. The fourth-order valence-corrected chi connectivity index (χ4v) is 3.65. The molecule has 0 saturated heterocycles. The summed E-state index contributed by atoms with van der Waals surface area (Å²) in [5, 5.41) is 3.43. The quantitative estimate of drug-likeness (QED) is 0.609. The van der Waals surface area contributed by atoms with Crippen LogP contribution in [0.25, 0.3) is 0 Å². The Morgan fingerprint density at radius 3 is 1.77 bits per heavy atom. The first-order chi connectivity index (χ1) is 12.4. The van der Waals surface area contributed by atoms with Gasteiger partial charge in [0.25, 0.3) is 0 Å². The van der Waals surface area contributed by atoms with E-state index in [4.69, 9.17) is 0 Å². The van der Waals surface area contributed by atoms with Crippen LogP contribution in [0.1, 0.15) is 23.6 Å². The van der Waals surface area contributed by atoms with Crippen molar-refractivity contribution in [2.75, 3.05) is 5.32 Å². The lowest BCUT2D eigenvalue weighted by Crippen LogP contribution is -2.30. The van der Waals surface area contributed by atoms with Gasteiger partial charge in [0, 0.05) is 16.8 Å². The molecule has 5 heteroatoms. The van der Waals surface area contributed by atoms with E-state index in [-0.39, 0.29) is 5.75 Å². The van der Waals surface area contributed by atoms with Crippen LogP contribution < -0.4 is 10.1 Å². The highest BCUT2D eigenvalue weighted by molar-refractivity contribution is 5.78. The molecule has 0 unspecified atom stereocenters. The molecule has 1 N–H and O–H groups in total. The standard InChI is InChI=1S/C21H16F3NO/c1-20(14-10-12-15(13-11-14)26-21(22,23)24)16-6-2-4-8-18(16)25-19-9-5-3-7-17(19)20/h2-13,25H,1H3. The summed E-state index contributed by atoms with van der Waals surface area (Å²) in [6.07, 6.45) is -4.70. The second kappa shape index (κ2) is 5.80. The number of benzene rings is 3. The van der Waals surface area contributed by atoms with Gasteiger partial charge >= 0.3 is 6.36 Å². The summed E-state index contributed by atoms with van der Waals surface area (Å²) in [5.74, 6) is -0.222. The van der Waals surface area contributed by atoms with E-state index in [9.17, 15) is 13.2 Å².